The summed E-state index contributed by atoms with van der Waals surface area (Å²) in [5.41, 5.74) is 0. The van der Waals surface area contributed by atoms with Crippen molar-refractivity contribution in [2.45, 2.75) is 201 Å². The fourth-order valence-electron chi connectivity index (χ4n) is 5.33. The minimum absolute atomic E-state index is 0.0322. The van der Waals surface area contributed by atoms with Gasteiger partial charge in [-0.3, -0.25) is 0 Å². The lowest BCUT2D eigenvalue weighted by Gasteiger charge is -2.23. The number of aliphatic carboxylic acids is 1. The van der Waals surface area contributed by atoms with Gasteiger partial charge in [-0.1, -0.05) is 64.7 Å². The van der Waals surface area contributed by atoms with Crippen molar-refractivity contribution >= 4 is 5.97 Å². The molecule has 13 nitrogen and oxygen atoms in total. The van der Waals surface area contributed by atoms with E-state index in [1.54, 1.807) is 6.92 Å². The molecule has 0 bridgehead atoms. The predicted octanol–water partition coefficient (Wildman–Crippen LogP) is 8.06. The van der Waals surface area contributed by atoms with Crippen LogP contribution in [0.2, 0.25) is 0 Å². The number of hydrogen-bond acceptors (Lipinski definition) is 12. The van der Waals surface area contributed by atoms with E-state index in [1.807, 2.05) is 62.3 Å². The molecule has 0 spiro atoms. The highest BCUT2D eigenvalue weighted by molar-refractivity contribution is 5.68. The Hall–Kier alpha value is -0.970. The Kier molecular flexibility index (Phi) is 37.3. The van der Waals surface area contributed by atoms with E-state index in [9.17, 15) is 4.79 Å². The van der Waals surface area contributed by atoms with Crippen LogP contribution < -0.4 is 0 Å². The van der Waals surface area contributed by atoms with Crippen molar-refractivity contribution in [1.82, 2.24) is 0 Å². The molecule has 0 saturated heterocycles. The Balaban J connectivity index is 3.84. The van der Waals surface area contributed by atoms with Crippen LogP contribution in [0.5, 0.6) is 0 Å². The van der Waals surface area contributed by atoms with E-state index in [0.717, 1.165) is 13.0 Å². The van der Waals surface area contributed by atoms with Crippen molar-refractivity contribution < 1.29 is 62.0 Å². The molecular formula is C44H88O13. The van der Waals surface area contributed by atoms with Crippen molar-refractivity contribution in [3.05, 3.63) is 0 Å². The molecule has 0 saturated carbocycles. The zero-order valence-electron chi connectivity index (χ0n) is 38.2. The van der Waals surface area contributed by atoms with Gasteiger partial charge in [-0.05, 0) is 75.7 Å². The summed E-state index contributed by atoms with van der Waals surface area (Å²) in [6.07, 6.45) is 12.3. The van der Waals surface area contributed by atoms with E-state index >= 15 is 0 Å². The number of carbonyl (C=O) groups is 1. The average Bonchev–Trinajstić information content (AvgIpc) is 3.18. The molecule has 0 aliphatic rings. The summed E-state index contributed by atoms with van der Waals surface area (Å²) in [6, 6.07) is 0. The SMILES string of the molecule is CCCCCCCCCCCCOCC(C)OCC(C)OCC(C)OCC(C)OCC(C)OCC(C)OCC(C)OCC(C)OCC(C)OCC(C)OCC(=O)O. The number of carboxylic acid groups (broad SMARTS) is 1. The standard InChI is InChI=1S/C44H88O13/c1-12-13-14-15-16-17-18-19-20-21-22-47-23-34(2)48-24-35(3)49-25-36(4)50-26-37(5)51-27-38(6)52-28-39(7)53-29-40(8)54-30-41(9)55-31-42(10)56-32-43(11)57-33-44(45)46/h34-43H,12-33H2,1-11H3,(H,45,46). The normalized spacial score (nSPS) is 17.4. The smallest absolute Gasteiger partial charge is 0.329 e. The van der Waals surface area contributed by atoms with Crippen LogP contribution in [0.25, 0.3) is 0 Å². The number of unbranched alkanes of at least 4 members (excludes halogenated alkanes) is 9. The fourth-order valence-corrected chi connectivity index (χ4v) is 5.33. The summed E-state index contributed by atoms with van der Waals surface area (Å²) < 4.78 is 64.1. The molecule has 0 aromatic rings. The second-order valence-electron chi connectivity index (χ2n) is 16.1. The monoisotopic (exact) mass is 825 g/mol. The molecule has 0 amide bonds. The van der Waals surface area contributed by atoms with Crippen LogP contribution in [0.3, 0.4) is 0 Å². The predicted molar refractivity (Wildman–Crippen MR) is 224 cm³/mol. The van der Waals surface area contributed by atoms with E-state index in [1.165, 1.54) is 57.8 Å². The first kappa shape index (κ1) is 56.0. The Morgan fingerprint density at radius 3 is 0.842 bits per heavy atom. The molecule has 0 radical (unpaired) electrons. The Morgan fingerprint density at radius 1 is 0.351 bits per heavy atom. The maximum Gasteiger partial charge on any atom is 0.329 e. The largest absolute Gasteiger partial charge is 0.480 e. The quantitative estimate of drug-likeness (QED) is 0.0594. The molecule has 10 atom stereocenters. The van der Waals surface area contributed by atoms with Crippen molar-refractivity contribution in [3.63, 3.8) is 0 Å². The third kappa shape index (κ3) is 39.0. The summed E-state index contributed by atoms with van der Waals surface area (Å²) in [5, 5.41) is 8.69. The van der Waals surface area contributed by atoms with Crippen molar-refractivity contribution in [2.75, 3.05) is 79.3 Å². The molecule has 0 aliphatic heterocycles. The van der Waals surface area contributed by atoms with Gasteiger partial charge in [0.15, 0.2) is 0 Å². The molecule has 10 unspecified atom stereocenters. The van der Waals surface area contributed by atoms with Gasteiger partial charge >= 0.3 is 5.97 Å². The summed E-state index contributed by atoms with van der Waals surface area (Å²) in [5.74, 6) is -1.00. The van der Waals surface area contributed by atoms with Crippen molar-refractivity contribution in [1.29, 1.82) is 0 Å². The second kappa shape index (κ2) is 38.0. The van der Waals surface area contributed by atoms with E-state index in [4.69, 9.17) is 57.2 Å². The van der Waals surface area contributed by atoms with Gasteiger partial charge in [0.05, 0.1) is 127 Å². The van der Waals surface area contributed by atoms with Crippen molar-refractivity contribution in [3.8, 4) is 0 Å². The van der Waals surface area contributed by atoms with E-state index < -0.39 is 5.97 Å². The lowest BCUT2D eigenvalue weighted by molar-refractivity contribution is -0.146. The van der Waals surface area contributed by atoms with Gasteiger partial charge in [0.25, 0.3) is 0 Å². The first-order valence-corrected chi connectivity index (χ1v) is 22.2. The van der Waals surface area contributed by atoms with Gasteiger partial charge in [0.2, 0.25) is 0 Å². The summed E-state index contributed by atoms with van der Waals surface area (Å²) >= 11 is 0. The van der Waals surface area contributed by atoms with Gasteiger partial charge in [-0.15, -0.1) is 0 Å². The van der Waals surface area contributed by atoms with Crippen LogP contribution in [-0.2, 0) is 56.9 Å². The minimum atomic E-state index is -1.00. The Labute approximate surface area is 348 Å². The fraction of sp³-hybridized carbons (Fsp3) is 0.977. The maximum atomic E-state index is 10.6. The number of hydrogen-bond donors (Lipinski definition) is 1. The van der Waals surface area contributed by atoms with Gasteiger partial charge in [0, 0.05) is 6.61 Å². The molecule has 57 heavy (non-hydrogen) atoms. The topological polar surface area (TPSA) is 139 Å². The minimum Gasteiger partial charge on any atom is -0.480 e. The third-order valence-electron chi connectivity index (χ3n) is 9.03. The van der Waals surface area contributed by atoms with Gasteiger partial charge < -0.3 is 57.2 Å². The van der Waals surface area contributed by atoms with Gasteiger partial charge in [0.1, 0.15) is 6.61 Å². The molecule has 1 N–H and O–H groups in total. The molecule has 0 rings (SSSR count). The first-order valence-electron chi connectivity index (χ1n) is 22.2. The van der Waals surface area contributed by atoms with E-state index in [2.05, 4.69) is 6.92 Å². The van der Waals surface area contributed by atoms with Gasteiger partial charge in [-0.25, -0.2) is 4.79 Å². The van der Waals surface area contributed by atoms with Gasteiger partial charge in [-0.2, -0.15) is 0 Å². The van der Waals surface area contributed by atoms with Crippen molar-refractivity contribution in [2.24, 2.45) is 0 Å². The Morgan fingerprint density at radius 2 is 0.579 bits per heavy atom. The first-order chi connectivity index (χ1) is 27.2. The lowest BCUT2D eigenvalue weighted by Crippen LogP contribution is -2.30. The average molecular weight is 825 g/mol. The summed E-state index contributed by atoms with van der Waals surface area (Å²) in [6.45, 7) is 26.9. The van der Waals surface area contributed by atoms with E-state index in [-0.39, 0.29) is 67.6 Å². The zero-order valence-corrected chi connectivity index (χ0v) is 38.2. The molecule has 0 aromatic heterocycles. The van der Waals surface area contributed by atoms with Crippen LogP contribution in [0, 0.1) is 0 Å². The second-order valence-corrected chi connectivity index (χ2v) is 16.1. The number of ether oxygens (including phenoxy) is 11. The highest BCUT2D eigenvalue weighted by atomic mass is 16.6. The van der Waals surface area contributed by atoms with Crippen LogP contribution in [-0.4, -0.2) is 151 Å². The van der Waals surface area contributed by atoms with Crippen LogP contribution in [0.4, 0.5) is 0 Å². The number of carboxylic acids is 1. The van der Waals surface area contributed by atoms with Crippen LogP contribution in [0.15, 0.2) is 0 Å². The molecule has 13 heteroatoms. The highest BCUT2D eigenvalue weighted by Crippen LogP contribution is 2.11. The molecule has 0 fully saturated rings. The summed E-state index contributed by atoms with van der Waals surface area (Å²) in [7, 11) is 0. The third-order valence-corrected chi connectivity index (χ3v) is 9.03. The molecule has 0 heterocycles. The highest BCUT2D eigenvalue weighted by Gasteiger charge is 2.16. The van der Waals surface area contributed by atoms with Crippen LogP contribution in [0.1, 0.15) is 140 Å². The summed E-state index contributed by atoms with van der Waals surface area (Å²) in [4.78, 5) is 10.6. The lowest BCUT2D eigenvalue weighted by atomic mass is 10.1. The van der Waals surface area contributed by atoms with E-state index in [0.29, 0.717) is 66.1 Å². The molecule has 0 aromatic carbocycles. The maximum absolute atomic E-state index is 10.6. The molecular weight excluding hydrogens is 736 g/mol. The molecule has 0 aliphatic carbocycles. The Bertz CT molecular complexity index is 883. The zero-order chi connectivity index (χ0) is 42.7. The van der Waals surface area contributed by atoms with Crippen LogP contribution >= 0.6 is 0 Å². The number of rotatable bonds is 43. The molecule has 342 valence electrons.